The number of benzene rings is 1. The third kappa shape index (κ3) is 3.28. The van der Waals surface area contributed by atoms with E-state index in [-0.39, 0.29) is 12.4 Å². The minimum Gasteiger partial charge on any atom is -0.461 e. The monoisotopic (exact) mass is 297 g/mol. The van der Waals surface area contributed by atoms with Gasteiger partial charge in [0.05, 0.1) is 6.42 Å². The average molecular weight is 297 g/mol. The molecule has 0 fully saturated rings. The highest BCUT2D eigenvalue weighted by Crippen LogP contribution is 2.26. The van der Waals surface area contributed by atoms with Crippen LogP contribution in [0.2, 0.25) is 0 Å². The summed E-state index contributed by atoms with van der Waals surface area (Å²) in [7, 11) is 0. The minimum absolute atomic E-state index is 0.226. The van der Waals surface area contributed by atoms with E-state index in [0.717, 1.165) is 22.2 Å². The second-order valence-electron chi connectivity index (χ2n) is 4.90. The average Bonchev–Trinajstić information content (AvgIpc) is 2.91. The SMILES string of the molecule is Cc1ccc(CC(=O)OCc2csc3ccccc23)cn1. The number of aromatic nitrogens is 1. The Morgan fingerprint density at radius 1 is 1.24 bits per heavy atom. The summed E-state index contributed by atoms with van der Waals surface area (Å²) < 4.78 is 6.58. The molecule has 0 unspecified atom stereocenters. The van der Waals surface area contributed by atoms with Crippen molar-refractivity contribution in [3.63, 3.8) is 0 Å². The van der Waals surface area contributed by atoms with Crippen LogP contribution >= 0.6 is 11.3 Å². The van der Waals surface area contributed by atoms with Crippen molar-refractivity contribution in [1.82, 2.24) is 4.98 Å². The molecule has 1 aromatic carbocycles. The maximum Gasteiger partial charge on any atom is 0.310 e. The lowest BCUT2D eigenvalue weighted by atomic mass is 10.2. The maximum atomic E-state index is 11.9. The smallest absolute Gasteiger partial charge is 0.310 e. The first-order chi connectivity index (χ1) is 10.2. The molecule has 3 rings (SSSR count). The van der Waals surface area contributed by atoms with Crippen molar-refractivity contribution >= 4 is 27.4 Å². The Balaban J connectivity index is 1.62. The molecule has 106 valence electrons. The van der Waals surface area contributed by atoms with Crippen LogP contribution in [0.5, 0.6) is 0 Å². The van der Waals surface area contributed by atoms with Gasteiger partial charge in [0, 0.05) is 22.2 Å². The van der Waals surface area contributed by atoms with E-state index < -0.39 is 0 Å². The van der Waals surface area contributed by atoms with Crippen molar-refractivity contribution in [2.24, 2.45) is 0 Å². The van der Waals surface area contributed by atoms with Crippen molar-refractivity contribution < 1.29 is 9.53 Å². The number of ether oxygens (including phenoxy) is 1. The van der Waals surface area contributed by atoms with E-state index in [9.17, 15) is 4.79 Å². The molecule has 0 saturated carbocycles. The van der Waals surface area contributed by atoms with Crippen LogP contribution < -0.4 is 0 Å². The van der Waals surface area contributed by atoms with Gasteiger partial charge in [-0.3, -0.25) is 9.78 Å². The number of carbonyl (C=O) groups is 1. The fourth-order valence-corrected chi connectivity index (χ4v) is 3.07. The first-order valence-corrected chi connectivity index (χ1v) is 7.62. The minimum atomic E-state index is -0.226. The predicted octanol–water partition coefficient (Wildman–Crippen LogP) is 3.89. The molecule has 0 aliphatic rings. The Hall–Kier alpha value is -2.20. The van der Waals surface area contributed by atoms with Gasteiger partial charge in [-0.2, -0.15) is 0 Å². The summed E-state index contributed by atoms with van der Waals surface area (Å²) in [5.41, 5.74) is 2.88. The van der Waals surface area contributed by atoms with Crippen molar-refractivity contribution in [2.75, 3.05) is 0 Å². The summed E-state index contributed by atoms with van der Waals surface area (Å²) >= 11 is 1.67. The molecular formula is C17H15NO2S. The zero-order valence-corrected chi connectivity index (χ0v) is 12.5. The van der Waals surface area contributed by atoms with E-state index in [1.165, 1.54) is 4.70 Å². The summed E-state index contributed by atoms with van der Waals surface area (Å²) in [6.07, 6.45) is 1.98. The molecule has 3 nitrogen and oxygen atoms in total. The number of hydrogen-bond donors (Lipinski definition) is 0. The molecule has 0 radical (unpaired) electrons. The van der Waals surface area contributed by atoms with E-state index in [4.69, 9.17) is 4.74 Å². The molecule has 3 aromatic rings. The molecule has 0 aliphatic heterocycles. The lowest BCUT2D eigenvalue weighted by molar-refractivity contribution is -0.144. The van der Waals surface area contributed by atoms with E-state index in [0.29, 0.717) is 6.61 Å². The second kappa shape index (κ2) is 6.06. The molecule has 2 heterocycles. The molecule has 0 aliphatic carbocycles. The first kappa shape index (κ1) is 13.8. The van der Waals surface area contributed by atoms with Gasteiger partial charge < -0.3 is 4.74 Å². The van der Waals surface area contributed by atoms with Crippen LogP contribution in [0.1, 0.15) is 16.8 Å². The molecule has 4 heteroatoms. The van der Waals surface area contributed by atoms with E-state index >= 15 is 0 Å². The zero-order chi connectivity index (χ0) is 14.7. The van der Waals surface area contributed by atoms with E-state index in [1.807, 2.05) is 36.6 Å². The molecule has 0 saturated heterocycles. The Labute approximate surface area is 127 Å². The van der Waals surface area contributed by atoms with Gasteiger partial charge in [0.1, 0.15) is 6.61 Å². The number of esters is 1. The zero-order valence-electron chi connectivity index (χ0n) is 11.7. The van der Waals surface area contributed by atoms with Crippen LogP contribution in [0.4, 0.5) is 0 Å². The highest BCUT2D eigenvalue weighted by molar-refractivity contribution is 7.17. The fourth-order valence-electron chi connectivity index (χ4n) is 2.12. The molecule has 21 heavy (non-hydrogen) atoms. The van der Waals surface area contributed by atoms with E-state index in [1.54, 1.807) is 17.5 Å². The largest absolute Gasteiger partial charge is 0.461 e. The number of pyridine rings is 1. The molecule has 0 amide bonds. The normalized spacial score (nSPS) is 10.7. The fraction of sp³-hybridized carbons (Fsp3) is 0.176. The molecule has 2 aromatic heterocycles. The van der Waals surface area contributed by atoms with E-state index in [2.05, 4.69) is 17.1 Å². The van der Waals surface area contributed by atoms with Crippen LogP contribution in [0.3, 0.4) is 0 Å². The van der Waals surface area contributed by atoms with Gasteiger partial charge in [-0.1, -0.05) is 24.3 Å². The van der Waals surface area contributed by atoms with Gasteiger partial charge >= 0.3 is 5.97 Å². The summed E-state index contributed by atoms with van der Waals surface area (Å²) in [5, 5.41) is 3.21. The number of thiophene rings is 1. The van der Waals surface area contributed by atoms with Crippen molar-refractivity contribution in [2.45, 2.75) is 20.0 Å². The summed E-state index contributed by atoms with van der Waals surface area (Å²) in [6.45, 7) is 2.24. The lowest BCUT2D eigenvalue weighted by Gasteiger charge is -2.04. The lowest BCUT2D eigenvalue weighted by Crippen LogP contribution is -2.08. The Kier molecular flexibility index (Phi) is 3.97. The number of fused-ring (bicyclic) bond motifs is 1. The van der Waals surface area contributed by atoms with Gasteiger partial charge in [0.15, 0.2) is 0 Å². The van der Waals surface area contributed by atoms with Crippen molar-refractivity contribution in [3.05, 3.63) is 64.8 Å². The molecule has 0 spiro atoms. The summed E-state index contributed by atoms with van der Waals surface area (Å²) in [6, 6.07) is 11.9. The molecular weight excluding hydrogens is 282 g/mol. The number of aryl methyl sites for hydroxylation is 1. The van der Waals surface area contributed by atoms with Crippen LogP contribution in [0, 0.1) is 6.92 Å². The van der Waals surface area contributed by atoms with Crippen LogP contribution in [-0.2, 0) is 22.6 Å². The number of rotatable bonds is 4. The maximum absolute atomic E-state index is 11.9. The summed E-state index contributed by atoms with van der Waals surface area (Å²) in [4.78, 5) is 16.1. The molecule has 0 N–H and O–H groups in total. The Morgan fingerprint density at radius 2 is 2.10 bits per heavy atom. The van der Waals surface area contributed by atoms with Gasteiger partial charge in [-0.05, 0) is 35.4 Å². The van der Waals surface area contributed by atoms with Gasteiger partial charge in [0.2, 0.25) is 0 Å². The van der Waals surface area contributed by atoms with Crippen molar-refractivity contribution in [3.8, 4) is 0 Å². The van der Waals surface area contributed by atoms with Gasteiger partial charge in [0.25, 0.3) is 0 Å². The third-order valence-electron chi connectivity index (χ3n) is 3.27. The summed E-state index contributed by atoms with van der Waals surface area (Å²) in [5.74, 6) is -0.226. The van der Waals surface area contributed by atoms with Crippen LogP contribution in [0.15, 0.2) is 48.0 Å². The van der Waals surface area contributed by atoms with Crippen LogP contribution in [-0.4, -0.2) is 11.0 Å². The number of hydrogen-bond acceptors (Lipinski definition) is 4. The molecule has 0 bridgehead atoms. The Bertz CT molecular complexity index is 762. The first-order valence-electron chi connectivity index (χ1n) is 6.74. The standard InChI is InChI=1S/C17H15NO2S/c1-12-6-7-13(9-18-12)8-17(19)20-10-14-11-21-16-5-3-2-4-15(14)16/h2-7,9,11H,8,10H2,1H3. The topological polar surface area (TPSA) is 39.2 Å². The predicted molar refractivity (Wildman–Crippen MR) is 84.3 cm³/mol. The number of nitrogens with zero attached hydrogens (tertiary/aromatic N) is 1. The second-order valence-corrected chi connectivity index (χ2v) is 5.81. The van der Waals surface area contributed by atoms with Gasteiger partial charge in [-0.25, -0.2) is 0 Å². The molecule has 0 atom stereocenters. The highest BCUT2D eigenvalue weighted by atomic mass is 32.1. The van der Waals surface area contributed by atoms with Gasteiger partial charge in [-0.15, -0.1) is 11.3 Å². The van der Waals surface area contributed by atoms with Crippen molar-refractivity contribution in [1.29, 1.82) is 0 Å². The Morgan fingerprint density at radius 3 is 2.90 bits per heavy atom. The highest BCUT2D eigenvalue weighted by Gasteiger charge is 2.08. The van der Waals surface area contributed by atoms with Crippen LogP contribution in [0.25, 0.3) is 10.1 Å². The quantitative estimate of drug-likeness (QED) is 0.686. The number of carbonyl (C=O) groups excluding carboxylic acids is 1. The third-order valence-corrected chi connectivity index (χ3v) is 4.28.